The maximum absolute atomic E-state index is 13.7. The summed E-state index contributed by atoms with van der Waals surface area (Å²) in [7, 11) is -1.77. The zero-order valence-corrected chi connectivity index (χ0v) is 21.1. The number of aliphatic imine (C=N–C) groups is 1. The van der Waals surface area contributed by atoms with Crippen LogP contribution in [0.4, 0.5) is 17.2 Å². The van der Waals surface area contributed by atoms with Gasteiger partial charge in [-0.1, -0.05) is 13.8 Å². The Hall–Kier alpha value is -3.21. The van der Waals surface area contributed by atoms with Crippen molar-refractivity contribution in [2.24, 2.45) is 10.7 Å². The summed E-state index contributed by atoms with van der Waals surface area (Å²) in [5.41, 5.74) is 9.85. The number of hydrogen-bond donors (Lipinski definition) is 1. The van der Waals surface area contributed by atoms with Gasteiger partial charge in [0.1, 0.15) is 10.7 Å². The second-order valence-electron chi connectivity index (χ2n) is 9.37. The summed E-state index contributed by atoms with van der Waals surface area (Å²) >= 11 is 0. The molecule has 9 nitrogen and oxygen atoms in total. The monoisotopic (exact) mass is 493 g/mol. The van der Waals surface area contributed by atoms with Crippen LogP contribution in [-0.2, 0) is 10.0 Å². The predicted octanol–water partition coefficient (Wildman–Crippen LogP) is 2.81. The van der Waals surface area contributed by atoms with Gasteiger partial charge in [-0.3, -0.25) is 20.6 Å². The number of likely N-dealkylation sites (N-methyl/N-ethyl adjacent to an activating group) is 1. The molecule has 2 aromatic heterocycles. The van der Waals surface area contributed by atoms with Gasteiger partial charge in [0.25, 0.3) is 10.0 Å². The fourth-order valence-electron chi connectivity index (χ4n) is 4.48. The van der Waals surface area contributed by atoms with Crippen LogP contribution >= 0.6 is 0 Å². The van der Waals surface area contributed by atoms with E-state index in [0.29, 0.717) is 11.4 Å². The molecule has 2 aliphatic heterocycles. The second kappa shape index (κ2) is 9.10. The normalized spacial score (nSPS) is 18.8. The molecule has 0 saturated carbocycles. The molecule has 1 saturated heterocycles. The minimum Gasteiger partial charge on any atom is -0.369 e. The fourth-order valence-corrected chi connectivity index (χ4v) is 5.83. The van der Waals surface area contributed by atoms with Crippen molar-refractivity contribution < 1.29 is 8.42 Å². The lowest BCUT2D eigenvalue weighted by Crippen LogP contribution is -2.44. The molecule has 35 heavy (non-hydrogen) atoms. The topological polar surface area (TPSA) is 100 Å². The summed E-state index contributed by atoms with van der Waals surface area (Å²) in [6.07, 6.45) is 5.52. The van der Waals surface area contributed by atoms with Gasteiger partial charge in [-0.15, -0.1) is 0 Å². The van der Waals surface area contributed by atoms with Crippen molar-refractivity contribution in [2.45, 2.75) is 31.0 Å². The molecule has 2 N–H and O–H groups in total. The standard InChI is InChI=1S/C25H31N7O2S/c1-18(2)20-14-23(17-27-15-20)35(33,34)31-9-8-19-16-28-25(26)32(24(19)31)22-6-4-21(5-7-22)30-12-10-29(3)11-13-30/h4-9,14-18,25H,10-13,26H2,1-3H3. The number of pyridine rings is 1. The summed E-state index contributed by atoms with van der Waals surface area (Å²) in [4.78, 5) is 15.2. The molecule has 184 valence electrons. The molecule has 10 heteroatoms. The largest absolute Gasteiger partial charge is 0.369 e. The SMILES string of the molecule is CC(C)c1cncc(S(=O)(=O)n2ccc3c2N(c2ccc(N4CCN(C)CC4)cc2)C(N)N=C3)c1. The molecule has 0 amide bonds. The summed E-state index contributed by atoms with van der Waals surface area (Å²) in [5.74, 6) is 0.627. The van der Waals surface area contributed by atoms with Gasteiger partial charge in [0.2, 0.25) is 0 Å². The van der Waals surface area contributed by atoms with Crippen molar-refractivity contribution >= 4 is 33.4 Å². The first-order chi connectivity index (χ1) is 16.8. The number of anilines is 3. The number of nitrogens with two attached hydrogens (primary N) is 1. The number of hydrogen-bond acceptors (Lipinski definition) is 8. The van der Waals surface area contributed by atoms with Crippen LogP contribution in [0.3, 0.4) is 0 Å². The number of nitrogens with zero attached hydrogens (tertiary/aromatic N) is 6. The van der Waals surface area contributed by atoms with Crippen molar-refractivity contribution in [2.75, 3.05) is 43.0 Å². The van der Waals surface area contributed by atoms with E-state index in [1.165, 1.54) is 10.2 Å². The summed E-state index contributed by atoms with van der Waals surface area (Å²) in [6, 6.07) is 11.5. The van der Waals surface area contributed by atoms with E-state index < -0.39 is 16.3 Å². The average molecular weight is 494 g/mol. The minimum absolute atomic E-state index is 0.142. The van der Waals surface area contributed by atoms with Gasteiger partial charge in [0.05, 0.1) is 0 Å². The third kappa shape index (κ3) is 4.33. The van der Waals surface area contributed by atoms with Crippen LogP contribution in [0.15, 0.2) is 64.9 Å². The van der Waals surface area contributed by atoms with E-state index in [4.69, 9.17) is 5.73 Å². The highest BCUT2D eigenvalue weighted by Crippen LogP contribution is 2.36. The van der Waals surface area contributed by atoms with Crippen LogP contribution in [0.2, 0.25) is 0 Å². The van der Waals surface area contributed by atoms with E-state index >= 15 is 0 Å². The summed E-state index contributed by atoms with van der Waals surface area (Å²) < 4.78 is 28.7. The Labute approximate surface area is 206 Å². The molecule has 1 fully saturated rings. The quantitative estimate of drug-likeness (QED) is 0.583. The number of benzene rings is 1. The first-order valence-electron chi connectivity index (χ1n) is 11.8. The lowest BCUT2D eigenvalue weighted by molar-refractivity contribution is 0.313. The van der Waals surface area contributed by atoms with Crippen molar-refractivity contribution in [3.05, 3.63) is 66.1 Å². The second-order valence-corrected chi connectivity index (χ2v) is 11.2. The Morgan fingerprint density at radius 2 is 1.69 bits per heavy atom. The average Bonchev–Trinajstić information content (AvgIpc) is 3.30. The highest BCUT2D eigenvalue weighted by atomic mass is 32.2. The van der Waals surface area contributed by atoms with Crippen molar-refractivity contribution in [1.82, 2.24) is 13.9 Å². The Balaban J connectivity index is 1.52. The molecule has 2 aliphatic rings. The highest BCUT2D eigenvalue weighted by Gasteiger charge is 2.31. The molecule has 5 rings (SSSR count). The van der Waals surface area contributed by atoms with E-state index in [1.54, 1.807) is 35.6 Å². The maximum atomic E-state index is 13.7. The fraction of sp³-hybridized carbons (Fsp3) is 0.360. The Bertz CT molecular complexity index is 1340. The van der Waals surface area contributed by atoms with Gasteiger partial charge in [-0.25, -0.2) is 12.4 Å². The van der Waals surface area contributed by atoms with Gasteiger partial charge >= 0.3 is 0 Å². The molecule has 0 bridgehead atoms. The Kier molecular flexibility index (Phi) is 6.12. The molecule has 0 aliphatic carbocycles. The summed E-state index contributed by atoms with van der Waals surface area (Å²) in [5, 5.41) is 0. The number of rotatable bonds is 5. The predicted molar refractivity (Wildman–Crippen MR) is 139 cm³/mol. The molecule has 0 radical (unpaired) electrons. The minimum atomic E-state index is -3.91. The van der Waals surface area contributed by atoms with E-state index in [-0.39, 0.29) is 10.8 Å². The van der Waals surface area contributed by atoms with E-state index in [2.05, 4.69) is 39.0 Å². The molecule has 0 spiro atoms. The van der Waals surface area contributed by atoms with Crippen LogP contribution in [0.5, 0.6) is 0 Å². The number of aromatic nitrogens is 2. The van der Waals surface area contributed by atoms with E-state index in [1.807, 2.05) is 26.0 Å². The zero-order chi connectivity index (χ0) is 24.7. The van der Waals surface area contributed by atoms with Gasteiger partial charge in [-0.2, -0.15) is 0 Å². The molecular weight excluding hydrogens is 462 g/mol. The van der Waals surface area contributed by atoms with Crippen LogP contribution in [0, 0.1) is 0 Å². The molecular formula is C25H31N7O2S. The molecule has 3 aromatic rings. The van der Waals surface area contributed by atoms with Crippen molar-refractivity contribution in [3.8, 4) is 0 Å². The van der Waals surface area contributed by atoms with Crippen LogP contribution in [0.25, 0.3) is 0 Å². The lowest BCUT2D eigenvalue weighted by Gasteiger charge is -2.35. The first-order valence-corrected chi connectivity index (χ1v) is 13.2. The molecule has 1 aromatic carbocycles. The zero-order valence-electron chi connectivity index (χ0n) is 20.2. The summed E-state index contributed by atoms with van der Waals surface area (Å²) in [6.45, 7) is 8.00. The third-order valence-electron chi connectivity index (χ3n) is 6.67. The lowest BCUT2D eigenvalue weighted by atomic mass is 10.1. The van der Waals surface area contributed by atoms with E-state index in [0.717, 1.165) is 43.1 Å². The first kappa shape index (κ1) is 23.5. The number of piperazine rings is 1. The Morgan fingerprint density at radius 3 is 2.37 bits per heavy atom. The smallest absolute Gasteiger partial charge is 0.270 e. The third-order valence-corrected chi connectivity index (χ3v) is 8.30. The molecule has 1 unspecified atom stereocenters. The van der Waals surface area contributed by atoms with Gasteiger partial charge in [-0.05, 0) is 54.9 Å². The molecule has 4 heterocycles. The van der Waals surface area contributed by atoms with Gasteiger partial charge < -0.3 is 9.80 Å². The molecule has 1 atom stereocenters. The van der Waals surface area contributed by atoms with Crippen LogP contribution < -0.4 is 15.5 Å². The Morgan fingerprint density at radius 1 is 1.00 bits per heavy atom. The maximum Gasteiger partial charge on any atom is 0.270 e. The van der Waals surface area contributed by atoms with Gasteiger partial charge in [0, 0.05) is 67.9 Å². The highest BCUT2D eigenvalue weighted by molar-refractivity contribution is 7.90. The van der Waals surface area contributed by atoms with E-state index in [9.17, 15) is 8.42 Å². The number of fused-ring (bicyclic) bond motifs is 1. The van der Waals surface area contributed by atoms with Crippen molar-refractivity contribution in [1.29, 1.82) is 0 Å². The van der Waals surface area contributed by atoms with Crippen LogP contribution in [-0.4, -0.2) is 68.0 Å². The van der Waals surface area contributed by atoms with Crippen LogP contribution in [0.1, 0.15) is 30.9 Å². The van der Waals surface area contributed by atoms with Gasteiger partial charge in [0.15, 0.2) is 6.29 Å². The van der Waals surface area contributed by atoms with Crippen molar-refractivity contribution in [3.63, 3.8) is 0 Å².